The number of imide groups is 1. The van der Waals surface area contributed by atoms with Crippen molar-refractivity contribution >= 4 is 17.9 Å². The van der Waals surface area contributed by atoms with Crippen molar-refractivity contribution in [3.8, 4) is 28.8 Å². The Labute approximate surface area is 242 Å². The summed E-state index contributed by atoms with van der Waals surface area (Å²) in [5, 5.41) is 14.7. The van der Waals surface area contributed by atoms with E-state index in [0.717, 1.165) is 41.8 Å². The van der Waals surface area contributed by atoms with Gasteiger partial charge in [0.25, 0.3) is 11.8 Å². The third-order valence-electron chi connectivity index (χ3n) is 7.14. The van der Waals surface area contributed by atoms with E-state index in [1.165, 1.54) is 4.90 Å². The summed E-state index contributed by atoms with van der Waals surface area (Å²) in [5.41, 5.74) is 4.86. The van der Waals surface area contributed by atoms with Crippen molar-refractivity contribution in [1.82, 2.24) is 14.7 Å². The molecule has 0 bridgehead atoms. The average molecular weight is 551 g/mol. The minimum Gasteiger partial charge on any atom is -0.493 e. The molecular formula is C34H38N4O3. The molecule has 7 nitrogen and oxygen atoms in total. The van der Waals surface area contributed by atoms with Crippen LogP contribution < -0.4 is 4.74 Å². The van der Waals surface area contributed by atoms with Crippen molar-refractivity contribution in [3.05, 3.63) is 82.6 Å². The van der Waals surface area contributed by atoms with Crippen LogP contribution >= 0.6 is 0 Å². The van der Waals surface area contributed by atoms with Gasteiger partial charge in [0.05, 0.1) is 18.0 Å². The van der Waals surface area contributed by atoms with Gasteiger partial charge < -0.3 is 4.74 Å². The van der Waals surface area contributed by atoms with E-state index in [1.807, 2.05) is 67.7 Å². The number of rotatable bonds is 11. The second kappa shape index (κ2) is 13.3. The molecule has 0 unspecified atom stereocenters. The highest BCUT2D eigenvalue weighted by atomic mass is 16.5. The van der Waals surface area contributed by atoms with Crippen LogP contribution in [0.1, 0.15) is 64.5 Å². The highest BCUT2D eigenvalue weighted by Crippen LogP contribution is 2.33. The largest absolute Gasteiger partial charge is 0.493 e. The molecule has 4 rings (SSSR count). The SMILES string of the molecule is CCCCCCN1C(=O)C(C#N)=C(C)/C(=C\c2cn(-c3ccccc3)nc2-c2ccc(OCC(C)C)c(C)c2)C1=O. The van der Waals surface area contributed by atoms with Crippen molar-refractivity contribution in [2.45, 2.75) is 60.3 Å². The molecule has 0 aliphatic carbocycles. The lowest BCUT2D eigenvalue weighted by Gasteiger charge is -2.27. The highest BCUT2D eigenvalue weighted by Gasteiger charge is 2.35. The Morgan fingerprint density at radius 2 is 1.78 bits per heavy atom. The monoisotopic (exact) mass is 550 g/mol. The summed E-state index contributed by atoms with van der Waals surface area (Å²) >= 11 is 0. The smallest absolute Gasteiger partial charge is 0.271 e. The van der Waals surface area contributed by atoms with Crippen LogP contribution in [0.25, 0.3) is 23.0 Å². The molecule has 0 fully saturated rings. The van der Waals surface area contributed by atoms with Gasteiger partial charge >= 0.3 is 0 Å². The van der Waals surface area contributed by atoms with E-state index in [2.05, 4.69) is 20.8 Å². The van der Waals surface area contributed by atoms with Gasteiger partial charge in [0.15, 0.2) is 0 Å². The summed E-state index contributed by atoms with van der Waals surface area (Å²) in [4.78, 5) is 27.9. The Hall–Kier alpha value is -4.44. The number of nitrogens with zero attached hydrogens (tertiary/aromatic N) is 4. The van der Waals surface area contributed by atoms with Crippen molar-refractivity contribution in [3.63, 3.8) is 0 Å². The van der Waals surface area contributed by atoms with Gasteiger partial charge in [-0.25, -0.2) is 4.68 Å². The molecule has 41 heavy (non-hydrogen) atoms. The zero-order valence-electron chi connectivity index (χ0n) is 24.6. The topological polar surface area (TPSA) is 88.2 Å². The lowest BCUT2D eigenvalue weighted by Crippen LogP contribution is -2.43. The van der Waals surface area contributed by atoms with Crippen LogP contribution in [0.3, 0.4) is 0 Å². The third kappa shape index (κ3) is 6.66. The van der Waals surface area contributed by atoms with E-state index in [-0.39, 0.29) is 11.5 Å². The zero-order valence-corrected chi connectivity index (χ0v) is 24.6. The van der Waals surface area contributed by atoms with Crippen LogP contribution in [0.15, 0.2) is 71.4 Å². The number of aryl methyl sites for hydroxylation is 1. The van der Waals surface area contributed by atoms with Crippen molar-refractivity contribution in [2.75, 3.05) is 13.2 Å². The summed E-state index contributed by atoms with van der Waals surface area (Å²) in [7, 11) is 0. The number of unbranched alkanes of at least 4 members (excludes halogenated alkanes) is 3. The van der Waals surface area contributed by atoms with Gasteiger partial charge in [-0.3, -0.25) is 14.5 Å². The van der Waals surface area contributed by atoms with Gasteiger partial charge in [0.2, 0.25) is 0 Å². The van der Waals surface area contributed by atoms with E-state index in [1.54, 1.807) is 17.7 Å². The fraction of sp³-hybridized carbons (Fsp3) is 0.353. The Morgan fingerprint density at radius 1 is 1.02 bits per heavy atom. The molecule has 3 aromatic rings. The van der Waals surface area contributed by atoms with Crippen LogP contribution in [0.2, 0.25) is 0 Å². The molecule has 1 aliphatic rings. The van der Waals surface area contributed by atoms with Gasteiger partial charge in [-0.2, -0.15) is 10.4 Å². The maximum absolute atomic E-state index is 13.7. The molecule has 0 spiro atoms. The number of hydrogen-bond donors (Lipinski definition) is 0. The summed E-state index contributed by atoms with van der Waals surface area (Å²) in [6, 6.07) is 17.8. The number of benzene rings is 2. The molecule has 1 aromatic heterocycles. The Kier molecular flexibility index (Phi) is 9.57. The van der Waals surface area contributed by atoms with Crippen molar-refractivity contribution in [1.29, 1.82) is 5.26 Å². The second-order valence-corrected chi connectivity index (χ2v) is 10.9. The first-order chi connectivity index (χ1) is 19.7. The molecule has 0 radical (unpaired) electrons. The van der Waals surface area contributed by atoms with Gasteiger partial charge in [-0.15, -0.1) is 0 Å². The molecule has 7 heteroatoms. The average Bonchev–Trinajstić information content (AvgIpc) is 3.39. The quantitative estimate of drug-likeness (QED) is 0.145. The molecule has 0 saturated heterocycles. The summed E-state index contributed by atoms with van der Waals surface area (Å²) in [5.74, 6) is 0.336. The molecule has 2 aromatic carbocycles. The van der Waals surface area contributed by atoms with Crippen molar-refractivity contribution in [2.24, 2.45) is 5.92 Å². The fourth-order valence-electron chi connectivity index (χ4n) is 4.83. The van der Waals surface area contributed by atoms with E-state index in [0.29, 0.717) is 47.9 Å². The molecular weight excluding hydrogens is 512 g/mol. The normalized spacial score (nSPS) is 14.8. The summed E-state index contributed by atoms with van der Waals surface area (Å²) in [6.07, 6.45) is 7.35. The Balaban J connectivity index is 1.81. The maximum atomic E-state index is 13.7. The summed E-state index contributed by atoms with van der Waals surface area (Å²) < 4.78 is 7.76. The number of carbonyl (C=O) groups excluding carboxylic acids is 2. The van der Waals surface area contributed by atoms with Crippen LogP contribution in [0.4, 0.5) is 0 Å². The van der Waals surface area contributed by atoms with Crippen LogP contribution in [-0.4, -0.2) is 39.6 Å². The Bertz CT molecular complexity index is 1520. The number of aromatic nitrogens is 2. The van der Waals surface area contributed by atoms with Gasteiger partial charge in [0, 0.05) is 29.4 Å². The number of carbonyl (C=O) groups is 2. The molecule has 0 saturated carbocycles. The van der Waals surface area contributed by atoms with Gasteiger partial charge in [-0.1, -0.05) is 58.2 Å². The second-order valence-electron chi connectivity index (χ2n) is 10.9. The summed E-state index contributed by atoms with van der Waals surface area (Å²) in [6.45, 7) is 10.9. The van der Waals surface area contributed by atoms with E-state index in [4.69, 9.17) is 9.84 Å². The number of ether oxygens (including phenoxy) is 1. The Morgan fingerprint density at radius 3 is 2.44 bits per heavy atom. The lowest BCUT2D eigenvalue weighted by atomic mass is 9.93. The maximum Gasteiger partial charge on any atom is 0.271 e. The number of hydrogen-bond acceptors (Lipinski definition) is 5. The van der Waals surface area contributed by atoms with Crippen LogP contribution in [0.5, 0.6) is 5.75 Å². The predicted molar refractivity (Wildman–Crippen MR) is 161 cm³/mol. The van der Waals surface area contributed by atoms with Gasteiger partial charge in [-0.05, 0) is 73.7 Å². The fourth-order valence-corrected chi connectivity index (χ4v) is 4.83. The first-order valence-corrected chi connectivity index (χ1v) is 14.3. The van der Waals surface area contributed by atoms with Gasteiger partial charge in [0.1, 0.15) is 17.4 Å². The van der Waals surface area contributed by atoms with E-state index >= 15 is 0 Å². The molecule has 2 amide bonds. The van der Waals surface area contributed by atoms with E-state index in [9.17, 15) is 14.9 Å². The standard InChI is InChI=1S/C34H38N4O3/c1-6-7-8-12-17-37-33(39)29(25(5)30(20-35)34(37)40)19-27-21-38(28-13-10-9-11-14-28)36-32(27)26-15-16-31(24(4)18-26)41-22-23(2)3/h9-11,13-16,18-19,21,23H,6-8,12,17,22H2,1-5H3/b29-19+. The van der Waals surface area contributed by atoms with Crippen molar-refractivity contribution < 1.29 is 14.3 Å². The predicted octanol–water partition coefficient (Wildman–Crippen LogP) is 7.06. The first kappa shape index (κ1) is 29.5. The van der Waals surface area contributed by atoms with Crippen LogP contribution in [-0.2, 0) is 9.59 Å². The molecule has 0 atom stereocenters. The van der Waals surface area contributed by atoms with Crippen LogP contribution in [0, 0.1) is 24.2 Å². The minimum absolute atomic E-state index is 0.00541. The number of nitriles is 1. The number of para-hydroxylation sites is 1. The zero-order chi connectivity index (χ0) is 29.5. The molecule has 212 valence electrons. The number of amides is 2. The molecule has 1 aliphatic heterocycles. The minimum atomic E-state index is -0.517. The van der Waals surface area contributed by atoms with E-state index < -0.39 is 5.91 Å². The molecule has 2 heterocycles. The third-order valence-corrected chi connectivity index (χ3v) is 7.14. The molecule has 0 N–H and O–H groups in total. The lowest BCUT2D eigenvalue weighted by molar-refractivity contribution is -0.140. The first-order valence-electron chi connectivity index (χ1n) is 14.3. The highest BCUT2D eigenvalue weighted by molar-refractivity contribution is 6.19.